The summed E-state index contributed by atoms with van der Waals surface area (Å²) in [5.74, 6) is 0.239. The first-order valence-corrected chi connectivity index (χ1v) is 7.59. The Morgan fingerprint density at radius 2 is 2.05 bits per heavy atom. The molecule has 1 aromatic carbocycles. The van der Waals surface area contributed by atoms with Gasteiger partial charge in [0.25, 0.3) is 0 Å². The lowest BCUT2D eigenvalue weighted by molar-refractivity contribution is -0.124. The maximum Gasteiger partial charge on any atom is 0.329 e. The number of allylic oxidation sites excluding steroid dienone is 1. The van der Waals surface area contributed by atoms with Gasteiger partial charge in [0.05, 0.1) is 11.0 Å². The molecule has 0 bridgehead atoms. The van der Waals surface area contributed by atoms with E-state index in [1.54, 1.807) is 16.2 Å². The van der Waals surface area contributed by atoms with Gasteiger partial charge < -0.3 is 5.32 Å². The van der Waals surface area contributed by atoms with Crippen molar-refractivity contribution in [1.29, 1.82) is 0 Å². The van der Waals surface area contributed by atoms with Gasteiger partial charge in [0.2, 0.25) is 5.91 Å². The fraction of sp³-hybridized carbons (Fsp3) is 0.412. The average Bonchev–Trinajstić information content (AvgIpc) is 2.71. The monoisotopic (exact) mass is 301 g/mol. The van der Waals surface area contributed by atoms with E-state index in [9.17, 15) is 9.59 Å². The van der Waals surface area contributed by atoms with E-state index in [0.717, 1.165) is 16.7 Å². The van der Waals surface area contributed by atoms with Crippen molar-refractivity contribution in [2.24, 2.45) is 7.05 Å². The minimum Gasteiger partial charge on any atom is -0.329 e. The van der Waals surface area contributed by atoms with Gasteiger partial charge in [-0.05, 0) is 36.5 Å². The van der Waals surface area contributed by atoms with Gasteiger partial charge in [0.15, 0.2) is 0 Å². The molecule has 22 heavy (non-hydrogen) atoms. The molecule has 0 radical (unpaired) electrons. The summed E-state index contributed by atoms with van der Waals surface area (Å²) < 4.78 is 3.24. The third-order valence-corrected chi connectivity index (χ3v) is 4.41. The zero-order valence-corrected chi connectivity index (χ0v) is 13.2. The largest absolute Gasteiger partial charge is 0.329 e. The van der Waals surface area contributed by atoms with Gasteiger partial charge in [-0.15, -0.1) is 0 Å². The Kier molecular flexibility index (Phi) is 3.43. The predicted molar refractivity (Wildman–Crippen MR) is 88.9 cm³/mol. The van der Waals surface area contributed by atoms with Gasteiger partial charge in [-0.25, -0.2) is 4.79 Å². The molecule has 5 nitrogen and oxygen atoms in total. The number of carbonyl (C=O) groups excluding carboxylic acids is 1. The van der Waals surface area contributed by atoms with E-state index in [4.69, 9.17) is 0 Å². The number of nitrogens with one attached hydrogen (secondary N) is 1. The lowest BCUT2D eigenvalue weighted by Crippen LogP contribution is -2.40. The molecule has 1 atom stereocenters. The third-order valence-electron chi connectivity index (χ3n) is 4.41. The maximum atomic E-state index is 12.6. The summed E-state index contributed by atoms with van der Waals surface area (Å²) in [7, 11) is 1.75. The predicted octanol–water partition coefficient (Wildman–Crippen LogP) is 2.67. The highest BCUT2D eigenvalue weighted by Gasteiger charge is 2.29. The summed E-state index contributed by atoms with van der Waals surface area (Å²) in [6.07, 6.45) is 1.30. The van der Waals surface area contributed by atoms with Crippen molar-refractivity contribution in [2.45, 2.75) is 38.6 Å². The highest BCUT2D eigenvalue weighted by molar-refractivity contribution is 5.86. The molecule has 1 fully saturated rings. The fourth-order valence-electron chi connectivity index (χ4n) is 3.05. The van der Waals surface area contributed by atoms with E-state index in [0.29, 0.717) is 18.8 Å². The molecule has 0 aliphatic carbocycles. The summed E-state index contributed by atoms with van der Waals surface area (Å²) in [6.45, 7) is 8.03. The van der Waals surface area contributed by atoms with Crippen molar-refractivity contribution in [3.8, 4) is 0 Å². The SMILES string of the molecule is C=C1CC[C@H](n2c(=O)n(C)c3cc(C(C)C)ccc32)C(=O)N1.[HH]. The smallest absolute Gasteiger partial charge is 0.329 e. The normalized spacial score (nSPS) is 19.0. The molecule has 1 aliphatic rings. The van der Waals surface area contributed by atoms with Gasteiger partial charge in [-0.2, -0.15) is 0 Å². The van der Waals surface area contributed by atoms with Crippen LogP contribution in [0.2, 0.25) is 0 Å². The van der Waals surface area contributed by atoms with E-state index in [1.165, 1.54) is 5.56 Å². The zero-order chi connectivity index (χ0) is 16.0. The number of benzene rings is 1. The number of piperidine rings is 1. The minimum atomic E-state index is -0.466. The van der Waals surface area contributed by atoms with Crippen LogP contribution in [0, 0.1) is 0 Å². The van der Waals surface area contributed by atoms with Crippen LogP contribution in [0.25, 0.3) is 11.0 Å². The first-order chi connectivity index (χ1) is 10.4. The van der Waals surface area contributed by atoms with Crippen molar-refractivity contribution in [3.63, 3.8) is 0 Å². The summed E-state index contributed by atoms with van der Waals surface area (Å²) in [6, 6.07) is 5.55. The quantitative estimate of drug-likeness (QED) is 0.927. The molecule has 3 rings (SSSR count). The average molecular weight is 301 g/mol. The van der Waals surface area contributed by atoms with Crippen LogP contribution < -0.4 is 11.0 Å². The summed E-state index contributed by atoms with van der Waals surface area (Å²) in [5.41, 5.74) is 3.43. The minimum absolute atomic E-state index is 0. The Morgan fingerprint density at radius 1 is 1.32 bits per heavy atom. The number of hydrogen-bond acceptors (Lipinski definition) is 2. The van der Waals surface area contributed by atoms with Crippen molar-refractivity contribution < 1.29 is 6.22 Å². The van der Waals surface area contributed by atoms with Gasteiger partial charge in [0, 0.05) is 14.2 Å². The van der Waals surface area contributed by atoms with Crippen LogP contribution in [0.5, 0.6) is 0 Å². The van der Waals surface area contributed by atoms with Crippen LogP contribution in [-0.2, 0) is 11.8 Å². The molecule has 1 N–H and O–H groups in total. The second-order valence-corrected chi connectivity index (χ2v) is 6.26. The highest BCUT2D eigenvalue weighted by Crippen LogP contribution is 2.26. The van der Waals surface area contributed by atoms with Crippen LogP contribution >= 0.6 is 0 Å². The third kappa shape index (κ3) is 2.17. The summed E-state index contributed by atoms with van der Waals surface area (Å²) in [5, 5.41) is 2.76. The summed E-state index contributed by atoms with van der Waals surface area (Å²) in [4.78, 5) is 24.9. The molecule has 0 saturated carbocycles. The first-order valence-electron chi connectivity index (χ1n) is 7.59. The Balaban J connectivity index is 0.00000192. The summed E-state index contributed by atoms with van der Waals surface area (Å²) >= 11 is 0. The Labute approximate surface area is 130 Å². The molecule has 0 unspecified atom stereocenters. The molecule has 1 aromatic heterocycles. The number of rotatable bonds is 2. The molecule has 2 heterocycles. The van der Waals surface area contributed by atoms with Crippen LogP contribution in [0.3, 0.4) is 0 Å². The molecule has 2 aromatic rings. The number of nitrogens with zero attached hydrogens (tertiary/aromatic N) is 2. The number of fused-ring (bicyclic) bond motifs is 1. The molecular weight excluding hydrogens is 278 g/mol. The second kappa shape index (κ2) is 5.16. The Morgan fingerprint density at radius 3 is 2.68 bits per heavy atom. The molecular formula is C17H23N3O2. The Hall–Kier alpha value is -2.30. The molecule has 0 spiro atoms. The number of amides is 1. The van der Waals surface area contributed by atoms with Crippen LogP contribution in [-0.4, -0.2) is 15.0 Å². The van der Waals surface area contributed by atoms with Crippen LogP contribution in [0.15, 0.2) is 35.3 Å². The van der Waals surface area contributed by atoms with E-state index < -0.39 is 6.04 Å². The molecule has 1 amide bonds. The van der Waals surface area contributed by atoms with Crippen molar-refractivity contribution in [3.05, 3.63) is 46.5 Å². The van der Waals surface area contributed by atoms with E-state index in [2.05, 4.69) is 25.7 Å². The van der Waals surface area contributed by atoms with Crippen LogP contribution in [0.1, 0.15) is 45.6 Å². The van der Waals surface area contributed by atoms with Gasteiger partial charge in [-0.1, -0.05) is 26.5 Å². The molecule has 118 valence electrons. The lowest BCUT2D eigenvalue weighted by atomic mass is 10.0. The standard InChI is InChI=1S/C17H21N3O2.H2/c1-10(2)12-6-8-13-15(9-12)19(4)17(22)20(13)14-7-5-11(3)18-16(14)21;/h6,8-10,14H,3,5,7H2,1-2,4H3,(H,18,21);1H/t14-;/m0./s1. The second-order valence-electron chi connectivity index (χ2n) is 6.26. The Bertz CT molecular complexity index is 832. The van der Waals surface area contributed by atoms with Crippen molar-refractivity contribution in [1.82, 2.24) is 14.5 Å². The fourth-order valence-corrected chi connectivity index (χ4v) is 3.05. The molecule has 1 saturated heterocycles. The topological polar surface area (TPSA) is 56.0 Å². The maximum absolute atomic E-state index is 12.6. The van der Waals surface area contributed by atoms with Crippen molar-refractivity contribution >= 4 is 16.9 Å². The first kappa shape index (κ1) is 14.6. The van der Waals surface area contributed by atoms with Crippen molar-refractivity contribution in [2.75, 3.05) is 0 Å². The number of aryl methyl sites for hydroxylation is 1. The van der Waals surface area contributed by atoms with Crippen LogP contribution in [0.4, 0.5) is 0 Å². The molecule has 5 heteroatoms. The van der Waals surface area contributed by atoms with E-state index in [-0.39, 0.29) is 13.0 Å². The number of imidazole rings is 1. The van der Waals surface area contributed by atoms with Gasteiger partial charge >= 0.3 is 5.69 Å². The van der Waals surface area contributed by atoms with E-state index >= 15 is 0 Å². The lowest BCUT2D eigenvalue weighted by Gasteiger charge is -2.24. The van der Waals surface area contributed by atoms with E-state index in [1.807, 2.05) is 18.2 Å². The number of hydrogen-bond donors (Lipinski definition) is 1. The van der Waals surface area contributed by atoms with Gasteiger partial charge in [0.1, 0.15) is 6.04 Å². The number of carbonyl (C=O) groups is 1. The zero-order valence-electron chi connectivity index (χ0n) is 13.2. The highest BCUT2D eigenvalue weighted by atomic mass is 16.2. The number of aromatic nitrogens is 2. The van der Waals surface area contributed by atoms with Gasteiger partial charge in [-0.3, -0.25) is 13.9 Å². The molecule has 1 aliphatic heterocycles.